The fourth-order valence-corrected chi connectivity index (χ4v) is 9.84. The van der Waals surface area contributed by atoms with Crippen LogP contribution >= 0.6 is 0 Å². The molecule has 4 heterocycles. The van der Waals surface area contributed by atoms with Crippen molar-refractivity contribution in [2.75, 3.05) is 13.8 Å². The van der Waals surface area contributed by atoms with Crippen molar-refractivity contribution in [1.82, 2.24) is 5.48 Å². The van der Waals surface area contributed by atoms with Crippen LogP contribution in [0.25, 0.3) is 0 Å². The molecule has 1 N–H and O–H groups in total. The summed E-state index contributed by atoms with van der Waals surface area (Å²) < 4.78 is 13.2. The van der Waals surface area contributed by atoms with Crippen molar-refractivity contribution in [2.24, 2.45) is 34.5 Å². The first-order valence-corrected chi connectivity index (χ1v) is 13.2. The van der Waals surface area contributed by atoms with Gasteiger partial charge in [-0.25, -0.2) is 10.3 Å². The van der Waals surface area contributed by atoms with Gasteiger partial charge in [-0.1, -0.05) is 37.3 Å². The van der Waals surface area contributed by atoms with Gasteiger partial charge in [0.1, 0.15) is 12.6 Å². The number of quaternary nitrogens is 1. The predicted octanol–water partition coefficient (Wildman–Crippen LogP) is 4.48. The summed E-state index contributed by atoms with van der Waals surface area (Å²) in [6, 6.07) is 11.0. The number of rotatable bonds is 2. The van der Waals surface area contributed by atoms with Crippen molar-refractivity contribution >= 4 is 5.91 Å². The Morgan fingerprint density at radius 1 is 1.03 bits per heavy atom. The van der Waals surface area contributed by atoms with Crippen LogP contribution < -0.4 is 5.48 Å². The van der Waals surface area contributed by atoms with Gasteiger partial charge < -0.3 is 9.47 Å². The fraction of sp³-hybridized carbons (Fsp3) is 0.679. The zero-order chi connectivity index (χ0) is 23.3. The quantitative estimate of drug-likeness (QED) is 0.655. The smallest absolute Gasteiger partial charge is 0.279 e. The van der Waals surface area contributed by atoms with Crippen molar-refractivity contribution < 1.29 is 23.6 Å². The number of carbonyl (C=O) groups excluding carboxylic acids is 1. The van der Waals surface area contributed by atoms with Gasteiger partial charge in [0.2, 0.25) is 18.5 Å². The number of hydroxylamine groups is 1. The number of likely N-dealkylation sites (N-methyl/N-ethyl adjacent to an activating group) is 1. The summed E-state index contributed by atoms with van der Waals surface area (Å²) in [6.07, 6.45) is 6.35. The molecule has 182 valence electrons. The molecule has 7 bridgehead atoms. The normalized spacial score (nSPS) is 48.6. The second kappa shape index (κ2) is 7.01. The molecule has 7 aliphatic rings. The minimum absolute atomic E-state index is 0.0315. The van der Waals surface area contributed by atoms with E-state index in [1.165, 1.54) is 12.0 Å². The molecule has 3 fully saturated rings. The van der Waals surface area contributed by atoms with Gasteiger partial charge in [-0.05, 0) is 62.2 Å². The lowest BCUT2D eigenvalue weighted by atomic mass is 9.46. The highest BCUT2D eigenvalue weighted by atomic mass is 16.7. The molecule has 0 aromatic heterocycles. The van der Waals surface area contributed by atoms with E-state index in [-0.39, 0.29) is 29.4 Å². The molecule has 4 aliphatic heterocycles. The third-order valence-corrected chi connectivity index (χ3v) is 11.2. The van der Waals surface area contributed by atoms with Crippen molar-refractivity contribution in [3.8, 4) is 0 Å². The number of hydrogen-bond donors (Lipinski definition) is 1. The van der Waals surface area contributed by atoms with Crippen LogP contribution in [0.5, 0.6) is 0 Å². The molecule has 6 nitrogen and oxygen atoms in total. The van der Waals surface area contributed by atoms with E-state index in [1.54, 1.807) is 0 Å². The highest BCUT2D eigenvalue weighted by Gasteiger charge is 2.70. The molecule has 3 aliphatic carbocycles. The number of benzene rings is 1. The third-order valence-electron chi connectivity index (χ3n) is 11.2. The summed E-state index contributed by atoms with van der Waals surface area (Å²) in [6.45, 7) is 5.92. The van der Waals surface area contributed by atoms with Crippen molar-refractivity contribution in [3.05, 3.63) is 47.4 Å². The lowest BCUT2D eigenvalue weighted by molar-refractivity contribution is -0.995. The van der Waals surface area contributed by atoms with Crippen LogP contribution in [0.1, 0.15) is 57.9 Å². The van der Waals surface area contributed by atoms with Gasteiger partial charge in [0.05, 0.1) is 12.5 Å². The summed E-state index contributed by atoms with van der Waals surface area (Å²) in [7, 11) is 2.31. The molecule has 3 unspecified atom stereocenters. The maximum Gasteiger partial charge on any atom is 0.279 e. The van der Waals surface area contributed by atoms with Crippen molar-refractivity contribution in [3.63, 3.8) is 0 Å². The van der Waals surface area contributed by atoms with Crippen molar-refractivity contribution in [1.29, 1.82) is 0 Å². The second-order valence-electron chi connectivity index (χ2n) is 12.5. The van der Waals surface area contributed by atoms with E-state index >= 15 is 0 Å². The molecule has 34 heavy (non-hydrogen) atoms. The molecule has 0 spiro atoms. The Morgan fingerprint density at radius 3 is 2.68 bits per heavy atom. The molecule has 9 atom stereocenters. The van der Waals surface area contributed by atoms with Gasteiger partial charge in [0.15, 0.2) is 5.76 Å². The van der Waals surface area contributed by atoms with Gasteiger partial charge in [0.25, 0.3) is 6.23 Å². The predicted molar refractivity (Wildman–Crippen MR) is 125 cm³/mol. The van der Waals surface area contributed by atoms with E-state index in [0.717, 1.165) is 50.2 Å². The first kappa shape index (κ1) is 21.3. The summed E-state index contributed by atoms with van der Waals surface area (Å²) >= 11 is 0. The van der Waals surface area contributed by atoms with Crippen LogP contribution in [0.4, 0.5) is 0 Å². The number of nitrogens with zero attached hydrogens (tertiary/aromatic N) is 1. The minimum atomic E-state index is -0.417. The van der Waals surface area contributed by atoms with Gasteiger partial charge in [-0.3, -0.25) is 9.28 Å². The number of amides is 1. The summed E-state index contributed by atoms with van der Waals surface area (Å²) in [4.78, 5) is 20.0. The molecular weight excluding hydrogens is 428 g/mol. The zero-order valence-corrected chi connectivity index (χ0v) is 20.6. The largest absolute Gasteiger partial charge is 0.457 e. The highest BCUT2D eigenvalue weighted by molar-refractivity contribution is 5.79. The average Bonchev–Trinajstić information content (AvgIpc) is 3.44. The van der Waals surface area contributed by atoms with E-state index in [0.29, 0.717) is 28.3 Å². The molecule has 1 aromatic rings. The van der Waals surface area contributed by atoms with Crippen LogP contribution in [0.3, 0.4) is 0 Å². The SMILES string of the molecule is C[C@@]12CCC3[C@H]4CC[C@H]5[C@]3(C)C3=C(OCO3)C(ONC(=O)[C@H]1CC[C@H]42)[N+]5(C)Cc1ccccc1. The van der Waals surface area contributed by atoms with E-state index in [4.69, 9.17) is 14.3 Å². The van der Waals surface area contributed by atoms with Crippen LogP contribution in [0.2, 0.25) is 0 Å². The minimum Gasteiger partial charge on any atom is -0.457 e. The monoisotopic (exact) mass is 465 g/mol. The van der Waals surface area contributed by atoms with Gasteiger partial charge in [-0.15, -0.1) is 0 Å². The summed E-state index contributed by atoms with van der Waals surface area (Å²) in [5.74, 6) is 3.68. The van der Waals surface area contributed by atoms with Crippen LogP contribution in [0, 0.1) is 34.5 Å². The summed E-state index contributed by atoms with van der Waals surface area (Å²) in [5.41, 5.74) is 4.22. The Morgan fingerprint density at radius 2 is 1.85 bits per heavy atom. The molecule has 1 aromatic carbocycles. The van der Waals surface area contributed by atoms with E-state index in [9.17, 15) is 4.79 Å². The first-order chi connectivity index (χ1) is 16.4. The van der Waals surface area contributed by atoms with Gasteiger partial charge in [-0.2, -0.15) is 0 Å². The standard InChI is InChI=1S/C28H36N2O4/c1-27-14-13-20-18-9-12-22-28(20,2)24-23(32-16-33-24)26(30(22,3)15-17-7-5-4-6-8-17)34-29-25(31)21(27)11-10-19(18)27/h4-8,18-22,26H,9-16H2,1-3H3/p+1/t18-,19+,20?,21+,22-,26?,27-,28+,30?/m0/s1. The number of carbonyl (C=O) groups is 1. The van der Waals surface area contributed by atoms with Crippen molar-refractivity contribution in [2.45, 2.75) is 71.2 Å². The number of nitrogens with one attached hydrogen (secondary N) is 1. The molecule has 3 saturated carbocycles. The lowest BCUT2D eigenvalue weighted by Crippen LogP contribution is -2.72. The highest BCUT2D eigenvalue weighted by Crippen LogP contribution is 2.68. The third kappa shape index (κ3) is 2.51. The molecule has 0 saturated heterocycles. The molecule has 6 heteroatoms. The van der Waals surface area contributed by atoms with E-state index in [2.05, 4.69) is 56.7 Å². The molecule has 8 rings (SSSR count). The van der Waals surface area contributed by atoms with Gasteiger partial charge in [0, 0.05) is 17.9 Å². The average molecular weight is 466 g/mol. The lowest BCUT2D eigenvalue weighted by Gasteiger charge is -2.63. The van der Waals surface area contributed by atoms with Gasteiger partial charge >= 0.3 is 0 Å². The summed E-state index contributed by atoms with van der Waals surface area (Å²) in [5, 5.41) is 0. The van der Waals surface area contributed by atoms with Crippen LogP contribution in [-0.2, 0) is 25.7 Å². The Bertz CT molecular complexity index is 1060. The number of ether oxygens (including phenoxy) is 2. The van der Waals surface area contributed by atoms with Crippen LogP contribution in [-0.4, -0.2) is 36.5 Å². The zero-order valence-electron chi connectivity index (χ0n) is 20.6. The van der Waals surface area contributed by atoms with E-state index < -0.39 is 6.23 Å². The Hall–Kier alpha value is -2.05. The maximum atomic E-state index is 13.6. The topological polar surface area (TPSA) is 56.8 Å². The Kier molecular flexibility index (Phi) is 4.38. The number of hydrogen-bond acceptors (Lipinski definition) is 4. The molecule has 1 amide bonds. The van der Waals surface area contributed by atoms with Crippen LogP contribution in [0.15, 0.2) is 41.9 Å². The molecular formula is C28H37N2O4+. The first-order valence-electron chi connectivity index (χ1n) is 13.2. The van der Waals surface area contributed by atoms with E-state index in [1.807, 2.05) is 0 Å². The molecule has 0 radical (unpaired) electrons. The maximum absolute atomic E-state index is 13.6. The second-order valence-corrected chi connectivity index (χ2v) is 12.5. The Balaban J connectivity index is 1.43. The fourth-order valence-electron chi connectivity index (χ4n) is 9.84. The Labute approximate surface area is 202 Å². The number of fused-ring (bicyclic) bond motifs is 3.